The first-order valence-corrected chi connectivity index (χ1v) is 9.20. The van der Waals surface area contributed by atoms with Crippen molar-refractivity contribution < 1.29 is 9.90 Å². The summed E-state index contributed by atoms with van der Waals surface area (Å²) < 4.78 is 0. The average molecular weight is 346 g/mol. The van der Waals surface area contributed by atoms with Gasteiger partial charge >= 0.3 is 6.03 Å². The van der Waals surface area contributed by atoms with E-state index in [0.717, 1.165) is 44.1 Å². The van der Waals surface area contributed by atoms with Gasteiger partial charge in [0, 0.05) is 56.1 Å². The highest BCUT2D eigenvalue weighted by atomic mass is 16.3. The number of carbonyl (C=O) groups is 1. The minimum atomic E-state index is -0.473. The molecule has 2 N–H and O–H groups in total. The fourth-order valence-electron chi connectivity index (χ4n) is 3.58. The second kappa shape index (κ2) is 7.22. The van der Waals surface area contributed by atoms with Gasteiger partial charge in [0.1, 0.15) is 0 Å². The lowest BCUT2D eigenvalue weighted by Gasteiger charge is -2.35. The fourth-order valence-corrected chi connectivity index (χ4v) is 3.58. The minimum Gasteiger partial charge on any atom is -0.391 e. The number of hydrogen-bond acceptors (Lipinski definition) is 4. The molecule has 0 saturated carbocycles. The third-order valence-corrected chi connectivity index (χ3v) is 5.46. The zero-order valence-electron chi connectivity index (χ0n) is 15.5. The smallest absolute Gasteiger partial charge is 0.321 e. The molecule has 2 heterocycles. The van der Waals surface area contributed by atoms with E-state index in [-0.39, 0.29) is 11.4 Å². The third kappa shape index (κ3) is 4.07. The molecule has 1 unspecified atom stereocenters. The number of nitrogens with one attached hydrogen (secondary N) is 1. The Labute approximate surface area is 150 Å². The zero-order valence-corrected chi connectivity index (χ0v) is 15.5. The Balaban J connectivity index is 1.61. The summed E-state index contributed by atoms with van der Waals surface area (Å²) in [5.74, 6) is 0. The van der Waals surface area contributed by atoms with Gasteiger partial charge in [-0.25, -0.2) is 4.79 Å². The normalized spacial score (nSPS) is 23.8. The molecule has 0 spiro atoms. The topological polar surface area (TPSA) is 59.0 Å². The maximum Gasteiger partial charge on any atom is 0.321 e. The summed E-state index contributed by atoms with van der Waals surface area (Å²) in [5.41, 5.74) is 1.70. The van der Waals surface area contributed by atoms with Crippen LogP contribution < -0.4 is 10.2 Å². The summed E-state index contributed by atoms with van der Waals surface area (Å²) in [4.78, 5) is 19.0. The number of amides is 2. The summed E-state index contributed by atoms with van der Waals surface area (Å²) in [6.07, 6.45) is -0.473. The molecule has 0 radical (unpaired) electrons. The lowest BCUT2D eigenvalue weighted by molar-refractivity contribution is 0.0957. The lowest BCUT2D eigenvalue weighted by Crippen LogP contribution is -2.46. The number of piperazine rings is 1. The van der Waals surface area contributed by atoms with Crippen LogP contribution in [0.25, 0.3) is 0 Å². The van der Waals surface area contributed by atoms with Crippen molar-refractivity contribution in [2.24, 2.45) is 5.41 Å². The van der Waals surface area contributed by atoms with E-state index < -0.39 is 6.10 Å². The van der Waals surface area contributed by atoms with E-state index in [1.54, 1.807) is 4.90 Å². The Hall–Kier alpha value is -1.79. The van der Waals surface area contributed by atoms with Gasteiger partial charge in [-0.05, 0) is 24.7 Å². The molecule has 2 saturated heterocycles. The second-order valence-electron chi connectivity index (χ2n) is 7.79. The van der Waals surface area contributed by atoms with Crippen LogP contribution in [0.2, 0.25) is 0 Å². The van der Waals surface area contributed by atoms with Crippen LogP contribution in [0.15, 0.2) is 24.3 Å². The molecule has 0 aliphatic carbocycles. The summed E-state index contributed by atoms with van der Waals surface area (Å²) in [5, 5.41) is 13.0. The zero-order chi connectivity index (χ0) is 18.0. The number of likely N-dealkylation sites (N-methyl/N-ethyl adjacent to an activating group) is 1. The highest BCUT2D eigenvalue weighted by Gasteiger charge is 2.40. The van der Waals surface area contributed by atoms with E-state index in [4.69, 9.17) is 0 Å². The summed E-state index contributed by atoms with van der Waals surface area (Å²) >= 11 is 0. The van der Waals surface area contributed by atoms with Crippen LogP contribution in [0.3, 0.4) is 0 Å². The van der Waals surface area contributed by atoms with Crippen LogP contribution in [0, 0.1) is 5.41 Å². The van der Waals surface area contributed by atoms with Crippen molar-refractivity contribution in [3.63, 3.8) is 0 Å². The van der Waals surface area contributed by atoms with Crippen molar-refractivity contribution in [2.75, 3.05) is 56.0 Å². The first kappa shape index (κ1) is 18.0. The number of urea groups is 1. The molecular formula is C19H30N4O2. The van der Waals surface area contributed by atoms with E-state index in [2.05, 4.69) is 28.1 Å². The number of aliphatic hydroxyl groups is 1. The van der Waals surface area contributed by atoms with Crippen LogP contribution in [0.4, 0.5) is 16.2 Å². The third-order valence-electron chi connectivity index (χ3n) is 5.46. The number of anilines is 2. The lowest BCUT2D eigenvalue weighted by atomic mass is 9.90. The van der Waals surface area contributed by atoms with Gasteiger partial charge in [0.25, 0.3) is 0 Å². The molecule has 0 bridgehead atoms. The molecule has 1 atom stereocenters. The molecule has 3 rings (SSSR count). The van der Waals surface area contributed by atoms with E-state index >= 15 is 0 Å². The molecule has 6 heteroatoms. The van der Waals surface area contributed by atoms with Gasteiger partial charge in [-0.2, -0.15) is 0 Å². The average Bonchev–Trinajstić information content (AvgIpc) is 2.88. The van der Waals surface area contributed by atoms with E-state index in [1.165, 1.54) is 0 Å². The molecule has 0 aromatic heterocycles. The predicted octanol–water partition coefficient (Wildman–Crippen LogP) is 2.06. The van der Waals surface area contributed by atoms with Crippen LogP contribution >= 0.6 is 0 Å². The second-order valence-corrected chi connectivity index (χ2v) is 7.79. The number of carbonyl (C=O) groups excluding carboxylic acids is 1. The fraction of sp³-hybridized carbons (Fsp3) is 0.632. The quantitative estimate of drug-likeness (QED) is 0.880. The number of likely N-dealkylation sites (tertiary alicyclic amines) is 1. The molecule has 25 heavy (non-hydrogen) atoms. The van der Waals surface area contributed by atoms with Crippen LogP contribution in [0.1, 0.15) is 20.8 Å². The van der Waals surface area contributed by atoms with Gasteiger partial charge in [-0.3, -0.25) is 0 Å². The highest BCUT2D eigenvalue weighted by Crippen LogP contribution is 2.30. The minimum absolute atomic E-state index is 0.141. The van der Waals surface area contributed by atoms with Crippen LogP contribution in [0.5, 0.6) is 0 Å². The van der Waals surface area contributed by atoms with Crippen molar-refractivity contribution in [3.8, 4) is 0 Å². The molecule has 1 aromatic rings. The van der Waals surface area contributed by atoms with Gasteiger partial charge in [0.15, 0.2) is 0 Å². The van der Waals surface area contributed by atoms with Gasteiger partial charge in [-0.15, -0.1) is 0 Å². The van der Waals surface area contributed by atoms with Crippen molar-refractivity contribution >= 4 is 17.4 Å². The summed E-state index contributed by atoms with van der Waals surface area (Å²) in [6, 6.07) is 7.90. The first-order chi connectivity index (χ1) is 11.9. The van der Waals surface area contributed by atoms with Crippen molar-refractivity contribution in [3.05, 3.63) is 24.3 Å². The maximum absolute atomic E-state index is 12.5. The molecule has 2 aliphatic rings. The number of aliphatic hydroxyl groups excluding tert-OH is 1. The van der Waals surface area contributed by atoms with Crippen molar-refractivity contribution in [1.29, 1.82) is 0 Å². The Morgan fingerprint density at radius 3 is 2.60 bits per heavy atom. The predicted molar refractivity (Wildman–Crippen MR) is 101 cm³/mol. The first-order valence-electron chi connectivity index (χ1n) is 9.20. The number of β-amino-alcohol motifs (C(OH)–C–C–N with tert-alkyl or cyclic N) is 1. The monoisotopic (exact) mass is 346 g/mol. The largest absolute Gasteiger partial charge is 0.391 e. The maximum atomic E-state index is 12.5. The van der Waals surface area contributed by atoms with Crippen molar-refractivity contribution in [2.45, 2.75) is 26.9 Å². The Bertz CT molecular complexity index is 611. The molecular weight excluding hydrogens is 316 g/mol. The highest BCUT2D eigenvalue weighted by molar-refractivity contribution is 5.90. The molecule has 138 valence electrons. The Morgan fingerprint density at radius 1 is 1.28 bits per heavy atom. The Morgan fingerprint density at radius 2 is 2.00 bits per heavy atom. The SMILES string of the molecule is CCN1CCN(c2cccc(NC(=O)N3CC(O)C(C)(C)C3)c2)CC1. The molecule has 2 aliphatic heterocycles. The summed E-state index contributed by atoms with van der Waals surface area (Å²) in [6.45, 7) is 12.4. The Kier molecular flexibility index (Phi) is 5.20. The van der Waals surface area contributed by atoms with Gasteiger partial charge in [0.2, 0.25) is 0 Å². The number of hydrogen-bond donors (Lipinski definition) is 2. The van der Waals surface area contributed by atoms with E-state index in [9.17, 15) is 9.90 Å². The summed E-state index contributed by atoms with van der Waals surface area (Å²) in [7, 11) is 0. The van der Waals surface area contributed by atoms with E-state index in [0.29, 0.717) is 13.1 Å². The van der Waals surface area contributed by atoms with Crippen LogP contribution in [-0.2, 0) is 0 Å². The molecule has 2 amide bonds. The number of benzene rings is 1. The van der Waals surface area contributed by atoms with Gasteiger partial charge in [-0.1, -0.05) is 26.8 Å². The van der Waals surface area contributed by atoms with Crippen LogP contribution in [-0.4, -0.2) is 72.9 Å². The number of rotatable bonds is 3. The van der Waals surface area contributed by atoms with Gasteiger partial charge < -0.3 is 25.1 Å². The van der Waals surface area contributed by atoms with Gasteiger partial charge in [0.05, 0.1) is 6.10 Å². The molecule has 6 nitrogen and oxygen atoms in total. The standard InChI is InChI=1S/C19H30N4O2/c1-4-21-8-10-22(11-9-21)16-7-5-6-15(12-16)20-18(25)23-13-17(24)19(2,3)14-23/h5-7,12,17,24H,4,8-11,13-14H2,1-3H3,(H,20,25). The molecule has 2 fully saturated rings. The van der Waals surface area contributed by atoms with E-state index in [1.807, 2.05) is 32.0 Å². The molecule has 1 aromatic carbocycles. The van der Waals surface area contributed by atoms with Crippen molar-refractivity contribution in [1.82, 2.24) is 9.80 Å². The number of nitrogens with zero attached hydrogens (tertiary/aromatic N) is 3.